The van der Waals surface area contributed by atoms with E-state index in [4.69, 9.17) is 0 Å². The molecule has 0 amide bonds. The Hall–Kier alpha value is -1.10. The minimum Gasteiger partial charge on any atom is -0.304 e. The molecule has 0 heterocycles. The fourth-order valence-corrected chi connectivity index (χ4v) is 2.76. The van der Waals surface area contributed by atoms with E-state index in [1.807, 2.05) is 24.3 Å². The summed E-state index contributed by atoms with van der Waals surface area (Å²) in [6.07, 6.45) is -2.13. The summed E-state index contributed by atoms with van der Waals surface area (Å²) in [4.78, 5) is 0. The highest BCUT2D eigenvalue weighted by Crippen LogP contribution is 2.41. The van der Waals surface area contributed by atoms with Crippen molar-refractivity contribution in [1.29, 1.82) is 0 Å². The molecule has 1 aromatic rings. The van der Waals surface area contributed by atoms with Crippen LogP contribution in [0.1, 0.15) is 43.9 Å². The molecule has 0 bridgehead atoms. The number of fused-ring (bicyclic) bond motifs is 1. The molecule has 1 atom stereocenters. The molecular formula is C15H19F4N. The van der Waals surface area contributed by atoms with Gasteiger partial charge in [-0.25, -0.2) is 8.78 Å². The van der Waals surface area contributed by atoms with Crippen LogP contribution < -0.4 is 5.32 Å². The monoisotopic (exact) mass is 289 g/mol. The number of hydrogen-bond acceptors (Lipinski definition) is 1. The van der Waals surface area contributed by atoms with Gasteiger partial charge in [0.05, 0.1) is 6.54 Å². The highest BCUT2D eigenvalue weighted by atomic mass is 19.3. The van der Waals surface area contributed by atoms with Crippen LogP contribution in [0.5, 0.6) is 0 Å². The Kier molecular flexibility index (Phi) is 4.09. The van der Waals surface area contributed by atoms with Crippen molar-refractivity contribution in [3.63, 3.8) is 0 Å². The van der Waals surface area contributed by atoms with Crippen LogP contribution in [0.25, 0.3) is 0 Å². The Morgan fingerprint density at radius 1 is 1.30 bits per heavy atom. The molecule has 112 valence electrons. The topological polar surface area (TPSA) is 12.0 Å². The second-order valence-electron chi connectivity index (χ2n) is 6.01. The van der Waals surface area contributed by atoms with Gasteiger partial charge in [-0.3, -0.25) is 0 Å². The van der Waals surface area contributed by atoms with Crippen LogP contribution in [-0.4, -0.2) is 18.9 Å². The van der Waals surface area contributed by atoms with E-state index < -0.39 is 18.9 Å². The first-order valence-electron chi connectivity index (χ1n) is 6.73. The van der Waals surface area contributed by atoms with Gasteiger partial charge in [0.2, 0.25) is 0 Å². The number of nitrogens with one attached hydrogen (secondary N) is 1. The maximum Gasteiger partial charge on any atom is 0.319 e. The van der Waals surface area contributed by atoms with E-state index in [9.17, 15) is 17.6 Å². The molecule has 0 spiro atoms. The second-order valence-corrected chi connectivity index (χ2v) is 6.01. The van der Waals surface area contributed by atoms with E-state index >= 15 is 0 Å². The molecule has 2 rings (SSSR count). The molecule has 0 aliphatic heterocycles. The van der Waals surface area contributed by atoms with E-state index in [1.165, 1.54) is 0 Å². The van der Waals surface area contributed by atoms with Gasteiger partial charge in [0.1, 0.15) is 0 Å². The highest BCUT2D eigenvalue weighted by molar-refractivity contribution is 5.38. The van der Waals surface area contributed by atoms with E-state index in [0.29, 0.717) is 6.42 Å². The fraction of sp³-hybridized carbons (Fsp3) is 0.600. The summed E-state index contributed by atoms with van der Waals surface area (Å²) in [5, 5.41) is 2.61. The molecule has 1 N–H and O–H groups in total. The van der Waals surface area contributed by atoms with Crippen molar-refractivity contribution in [3.05, 3.63) is 35.4 Å². The minimum absolute atomic E-state index is 0.0139. The zero-order valence-corrected chi connectivity index (χ0v) is 11.6. The van der Waals surface area contributed by atoms with Crippen LogP contribution in [0.4, 0.5) is 17.6 Å². The lowest BCUT2D eigenvalue weighted by molar-refractivity contribution is -0.126. The molecule has 0 saturated heterocycles. The summed E-state index contributed by atoms with van der Waals surface area (Å²) in [6.45, 7) is 3.22. The average Bonchev–Trinajstić information content (AvgIpc) is 2.38. The smallest absolute Gasteiger partial charge is 0.304 e. The molecule has 0 fully saturated rings. The van der Waals surface area contributed by atoms with Gasteiger partial charge in [-0.15, -0.1) is 0 Å². The second kappa shape index (κ2) is 5.35. The molecule has 20 heavy (non-hydrogen) atoms. The minimum atomic E-state index is -3.98. The number of benzene rings is 1. The van der Waals surface area contributed by atoms with Gasteiger partial charge in [0, 0.05) is 6.04 Å². The van der Waals surface area contributed by atoms with Crippen molar-refractivity contribution >= 4 is 0 Å². The van der Waals surface area contributed by atoms with Crippen LogP contribution >= 0.6 is 0 Å². The van der Waals surface area contributed by atoms with Crippen molar-refractivity contribution in [2.45, 2.75) is 50.5 Å². The zero-order chi connectivity index (χ0) is 15.0. The van der Waals surface area contributed by atoms with Crippen molar-refractivity contribution in [3.8, 4) is 0 Å². The highest BCUT2D eigenvalue weighted by Gasteiger charge is 2.41. The molecule has 0 radical (unpaired) electrons. The van der Waals surface area contributed by atoms with Crippen LogP contribution in [0.15, 0.2) is 24.3 Å². The molecule has 0 aromatic heterocycles. The Morgan fingerprint density at radius 3 is 2.60 bits per heavy atom. The molecule has 1 nitrogen and oxygen atoms in total. The van der Waals surface area contributed by atoms with Gasteiger partial charge in [0.15, 0.2) is 0 Å². The third-order valence-electron chi connectivity index (χ3n) is 4.03. The van der Waals surface area contributed by atoms with Crippen LogP contribution in [0, 0.1) is 0 Å². The molecule has 0 saturated carbocycles. The number of halogens is 4. The Balaban J connectivity index is 2.16. The molecule has 1 aromatic carbocycles. The first kappa shape index (κ1) is 15.3. The first-order valence-corrected chi connectivity index (χ1v) is 6.73. The third-order valence-corrected chi connectivity index (χ3v) is 4.03. The van der Waals surface area contributed by atoms with Gasteiger partial charge in [-0.05, 0) is 29.4 Å². The summed E-state index contributed by atoms with van der Waals surface area (Å²) >= 11 is 0. The normalized spacial score (nSPS) is 21.9. The van der Waals surface area contributed by atoms with E-state index in [2.05, 4.69) is 19.2 Å². The van der Waals surface area contributed by atoms with Gasteiger partial charge in [0.25, 0.3) is 0 Å². The Bertz CT molecular complexity index is 471. The first-order chi connectivity index (χ1) is 9.24. The molecule has 1 unspecified atom stereocenters. The predicted octanol–water partition coefficient (Wildman–Crippen LogP) is 4.29. The van der Waals surface area contributed by atoms with E-state index in [0.717, 1.165) is 17.5 Å². The van der Waals surface area contributed by atoms with Gasteiger partial charge in [-0.2, -0.15) is 8.78 Å². The van der Waals surface area contributed by atoms with Gasteiger partial charge >= 0.3 is 12.3 Å². The largest absolute Gasteiger partial charge is 0.319 e. The Morgan fingerprint density at radius 2 is 1.95 bits per heavy atom. The SMILES string of the molecule is CC1(C)CCC(NCC(F)(F)C(F)F)c2ccccc21. The number of hydrogen-bond donors (Lipinski definition) is 1. The van der Waals surface area contributed by atoms with Crippen LogP contribution in [0.2, 0.25) is 0 Å². The van der Waals surface area contributed by atoms with Crippen LogP contribution in [-0.2, 0) is 5.41 Å². The molecule has 5 heteroatoms. The lowest BCUT2D eigenvalue weighted by Crippen LogP contribution is -2.42. The van der Waals surface area contributed by atoms with Crippen molar-refractivity contribution < 1.29 is 17.6 Å². The molecular weight excluding hydrogens is 270 g/mol. The number of rotatable bonds is 4. The van der Waals surface area contributed by atoms with Gasteiger partial charge < -0.3 is 5.32 Å². The van der Waals surface area contributed by atoms with E-state index in [-0.39, 0.29) is 11.5 Å². The molecule has 1 aliphatic rings. The van der Waals surface area contributed by atoms with Gasteiger partial charge in [-0.1, -0.05) is 38.1 Å². The van der Waals surface area contributed by atoms with Crippen molar-refractivity contribution in [1.82, 2.24) is 5.32 Å². The van der Waals surface area contributed by atoms with Crippen molar-refractivity contribution in [2.75, 3.05) is 6.54 Å². The zero-order valence-electron chi connectivity index (χ0n) is 11.6. The standard InChI is InChI=1S/C15H19F4N/c1-14(2)8-7-12(10-5-3-4-6-11(10)14)20-9-15(18,19)13(16)17/h3-6,12-13,20H,7-9H2,1-2H3. The predicted molar refractivity (Wildman–Crippen MR) is 70.4 cm³/mol. The summed E-state index contributed by atoms with van der Waals surface area (Å²) < 4.78 is 50.4. The summed E-state index contributed by atoms with van der Waals surface area (Å²) in [5.41, 5.74) is 2.03. The maximum absolute atomic E-state index is 13.0. The summed E-state index contributed by atoms with van der Waals surface area (Å²) in [5.74, 6) is -3.98. The summed E-state index contributed by atoms with van der Waals surface area (Å²) in [7, 11) is 0. The molecule has 1 aliphatic carbocycles. The third kappa shape index (κ3) is 2.97. The Labute approximate surface area is 116 Å². The lowest BCUT2D eigenvalue weighted by atomic mass is 9.71. The van der Waals surface area contributed by atoms with Crippen LogP contribution in [0.3, 0.4) is 0 Å². The quantitative estimate of drug-likeness (QED) is 0.815. The lowest BCUT2D eigenvalue weighted by Gasteiger charge is -2.38. The van der Waals surface area contributed by atoms with E-state index in [1.54, 1.807) is 0 Å². The fourth-order valence-electron chi connectivity index (χ4n) is 2.76. The summed E-state index contributed by atoms with van der Waals surface area (Å²) in [6, 6.07) is 7.34. The van der Waals surface area contributed by atoms with Crippen molar-refractivity contribution in [2.24, 2.45) is 0 Å². The maximum atomic E-state index is 13.0. The number of alkyl halides is 4. The average molecular weight is 289 g/mol.